The number of anilines is 1. The van der Waals surface area contributed by atoms with Crippen LogP contribution >= 0.6 is 24.0 Å². The Kier molecular flexibility index (Phi) is 7.13. The predicted molar refractivity (Wildman–Crippen MR) is 92.5 cm³/mol. The third kappa shape index (κ3) is 5.33. The molecule has 2 rings (SSSR count). The number of nitrogens with zero attached hydrogens (tertiary/aromatic N) is 2. The lowest BCUT2D eigenvalue weighted by atomic mass is 10.3. The summed E-state index contributed by atoms with van der Waals surface area (Å²) in [7, 11) is 0. The standard InChI is InChI=1S/C14H18N4O2.HI/c15-14(17-11-5-2-1-3-6-11)16-9-4-10-18-12(19)7-8-13(18)20;/h1-3,5-6H,4,7-10H2,(H3,15,16,17);1H. The number of rotatable bonds is 5. The summed E-state index contributed by atoms with van der Waals surface area (Å²) in [5.41, 5.74) is 6.62. The highest BCUT2D eigenvalue weighted by molar-refractivity contribution is 14.0. The van der Waals surface area contributed by atoms with Crippen LogP contribution in [-0.2, 0) is 9.59 Å². The predicted octanol–water partition coefficient (Wildman–Crippen LogP) is 1.57. The Morgan fingerprint density at radius 3 is 2.43 bits per heavy atom. The summed E-state index contributed by atoms with van der Waals surface area (Å²) in [5.74, 6) is 0.152. The Morgan fingerprint density at radius 1 is 1.19 bits per heavy atom. The number of likely N-dealkylation sites (tertiary alicyclic amines) is 1. The number of nitrogens with one attached hydrogen (secondary N) is 1. The van der Waals surface area contributed by atoms with Gasteiger partial charge in [-0.1, -0.05) is 18.2 Å². The molecule has 3 N–H and O–H groups in total. The van der Waals surface area contributed by atoms with Crippen LogP contribution in [0.4, 0.5) is 5.69 Å². The molecule has 1 heterocycles. The Bertz CT molecular complexity index is 503. The van der Waals surface area contributed by atoms with Gasteiger partial charge in [-0.25, -0.2) is 0 Å². The van der Waals surface area contributed by atoms with E-state index in [2.05, 4.69) is 10.3 Å². The summed E-state index contributed by atoms with van der Waals surface area (Å²) < 4.78 is 0. The maximum atomic E-state index is 11.4. The first-order valence-electron chi connectivity index (χ1n) is 6.62. The zero-order valence-electron chi connectivity index (χ0n) is 11.6. The number of halogens is 1. The number of para-hydroxylation sites is 1. The van der Waals surface area contributed by atoms with Crippen molar-refractivity contribution in [2.75, 3.05) is 18.4 Å². The van der Waals surface area contributed by atoms with E-state index in [9.17, 15) is 9.59 Å². The lowest BCUT2D eigenvalue weighted by Crippen LogP contribution is -2.30. The molecular formula is C14H19IN4O2. The number of aliphatic imine (C=N–C) groups is 1. The van der Waals surface area contributed by atoms with E-state index in [1.807, 2.05) is 30.3 Å². The molecule has 0 unspecified atom stereocenters. The average Bonchev–Trinajstić information content (AvgIpc) is 2.76. The van der Waals surface area contributed by atoms with Crippen molar-refractivity contribution >= 4 is 47.4 Å². The third-order valence-corrected chi connectivity index (χ3v) is 3.02. The van der Waals surface area contributed by atoms with E-state index in [-0.39, 0.29) is 35.8 Å². The van der Waals surface area contributed by atoms with Gasteiger partial charge in [-0.15, -0.1) is 24.0 Å². The van der Waals surface area contributed by atoms with Crippen molar-refractivity contribution in [2.45, 2.75) is 19.3 Å². The molecule has 6 nitrogen and oxygen atoms in total. The quantitative estimate of drug-likeness (QED) is 0.257. The van der Waals surface area contributed by atoms with Gasteiger partial charge >= 0.3 is 0 Å². The molecule has 0 aliphatic carbocycles. The van der Waals surface area contributed by atoms with Gasteiger partial charge in [0.2, 0.25) is 11.8 Å². The molecule has 0 aromatic heterocycles. The zero-order chi connectivity index (χ0) is 14.4. The Labute approximate surface area is 140 Å². The normalized spacial score (nSPS) is 15.0. The van der Waals surface area contributed by atoms with Crippen LogP contribution in [0.5, 0.6) is 0 Å². The summed E-state index contributed by atoms with van der Waals surface area (Å²) in [6, 6.07) is 9.51. The molecule has 1 aliphatic heterocycles. The lowest BCUT2D eigenvalue weighted by Gasteiger charge is -2.12. The number of carbonyl (C=O) groups is 2. The van der Waals surface area contributed by atoms with Gasteiger partial charge in [-0.3, -0.25) is 19.5 Å². The first-order valence-corrected chi connectivity index (χ1v) is 6.62. The fourth-order valence-electron chi connectivity index (χ4n) is 2.01. The van der Waals surface area contributed by atoms with Crippen LogP contribution in [0.1, 0.15) is 19.3 Å². The number of carbonyl (C=O) groups excluding carboxylic acids is 2. The molecular weight excluding hydrogens is 383 g/mol. The van der Waals surface area contributed by atoms with Gasteiger partial charge in [0.25, 0.3) is 0 Å². The third-order valence-electron chi connectivity index (χ3n) is 3.02. The van der Waals surface area contributed by atoms with E-state index in [1.54, 1.807) is 0 Å². The van der Waals surface area contributed by atoms with Gasteiger partial charge in [0.05, 0.1) is 0 Å². The lowest BCUT2D eigenvalue weighted by molar-refractivity contribution is -0.138. The fraction of sp³-hybridized carbons (Fsp3) is 0.357. The van der Waals surface area contributed by atoms with Gasteiger partial charge in [-0.05, 0) is 18.6 Å². The average molecular weight is 402 g/mol. The molecule has 1 aromatic rings. The van der Waals surface area contributed by atoms with Crippen LogP contribution in [0, 0.1) is 0 Å². The SMILES string of the molecule is I.NC(=NCCCN1C(=O)CCC1=O)Nc1ccccc1. The number of nitrogens with two attached hydrogens (primary N) is 1. The van der Waals surface area contributed by atoms with Crippen LogP contribution in [0.3, 0.4) is 0 Å². The van der Waals surface area contributed by atoms with Gasteiger partial charge in [-0.2, -0.15) is 0 Å². The molecule has 114 valence electrons. The monoisotopic (exact) mass is 402 g/mol. The Hall–Kier alpha value is -1.64. The van der Waals surface area contributed by atoms with E-state index >= 15 is 0 Å². The molecule has 1 aromatic carbocycles. The minimum absolute atomic E-state index is 0. The largest absolute Gasteiger partial charge is 0.370 e. The van der Waals surface area contributed by atoms with Crippen LogP contribution in [0.15, 0.2) is 35.3 Å². The first kappa shape index (κ1) is 17.4. The molecule has 2 amide bonds. The Balaban J connectivity index is 0.00000220. The number of hydrogen-bond donors (Lipinski definition) is 2. The maximum absolute atomic E-state index is 11.4. The zero-order valence-corrected chi connectivity index (χ0v) is 13.9. The fourth-order valence-corrected chi connectivity index (χ4v) is 2.01. The highest BCUT2D eigenvalue weighted by Crippen LogP contribution is 2.11. The second kappa shape index (κ2) is 8.60. The summed E-state index contributed by atoms with van der Waals surface area (Å²) in [6.45, 7) is 0.891. The highest BCUT2D eigenvalue weighted by Gasteiger charge is 2.27. The van der Waals surface area contributed by atoms with Gasteiger partial charge in [0.15, 0.2) is 5.96 Å². The van der Waals surface area contributed by atoms with Crippen molar-refractivity contribution in [3.63, 3.8) is 0 Å². The van der Waals surface area contributed by atoms with Crippen molar-refractivity contribution in [1.29, 1.82) is 0 Å². The highest BCUT2D eigenvalue weighted by atomic mass is 127. The van der Waals surface area contributed by atoms with Crippen LogP contribution < -0.4 is 11.1 Å². The van der Waals surface area contributed by atoms with E-state index in [0.717, 1.165) is 5.69 Å². The van der Waals surface area contributed by atoms with Crippen molar-refractivity contribution in [3.8, 4) is 0 Å². The smallest absolute Gasteiger partial charge is 0.229 e. The molecule has 1 aliphatic rings. The van der Waals surface area contributed by atoms with Crippen molar-refractivity contribution in [1.82, 2.24) is 4.90 Å². The van der Waals surface area contributed by atoms with Crippen LogP contribution in [0.25, 0.3) is 0 Å². The molecule has 0 spiro atoms. The molecule has 1 fully saturated rings. The second-order valence-corrected chi connectivity index (χ2v) is 4.55. The van der Waals surface area contributed by atoms with Gasteiger partial charge < -0.3 is 11.1 Å². The summed E-state index contributed by atoms with van der Waals surface area (Å²) in [6.07, 6.45) is 1.29. The van der Waals surface area contributed by atoms with E-state index in [0.29, 0.717) is 38.3 Å². The minimum atomic E-state index is -0.0886. The molecule has 21 heavy (non-hydrogen) atoms. The minimum Gasteiger partial charge on any atom is -0.370 e. The molecule has 0 saturated carbocycles. The van der Waals surface area contributed by atoms with Crippen molar-refractivity contribution < 1.29 is 9.59 Å². The van der Waals surface area contributed by atoms with E-state index in [1.165, 1.54) is 4.90 Å². The van der Waals surface area contributed by atoms with E-state index in [4.69, 9.17) is 5.73 Å². The summed E-state index contributed by atoms with van der Waals surface area (Å²) in [5, 5.41) is 2.97. The summed E-state index contributed by atoms with van der Waals surface area (Å²) >= 11 is 0. The van der Waals surface area contributed by atoms with Crippen LogP contribution in [-0.4, -0.2) is 35.8 Å². The van der Waals surface area contributed by atoms with Crippen molar-refractivity contribution in [2.24, 2.45) is 10.7 Å². The molecule has 1 saturated heterocycles. The number of guanidine groups is 1. The van der Waals surface area contributed by atoms with Gasteiger partial charge in [0, 0.05) is 31.6 Å². The number of amides is 2. The number of hydrogen-bond acceptors (Lipinski definition) is 3. The molecule has 7 heteroatoms. The molecule has 0 bridgehead atoms. The number of imide groups is 1. The van der Waals surface area contributed by atoms with E-state index < -0.39 is 0 Å². The Morgan fingerprint density at radius 2 is 1.81 bits per heavy atom. The molecule has 0 radical (unpaired) electrons. The van der Waals surface area contributed by atoms with Gasteiger partial charge in [0.1, 0.15) is 0 Å². The van der Waals surface area contributed by atoms with Crippen molar-refractivity contribution in [3.05, 3.63) is 30.3 Å². The van der Waals surface area contributed by atoms with Crippen LogP contribution in [0.2, 0.25) is 0 Å². The molecule has 0 atom stereocenters. The summed E-state index contributed by atoms with van der Waals surface area (Å²) in [4.78, 5) is 28.2. The second-order valence-electron chi connectivity index (χ2n) is 4.55. The number of benzene rings is 1. The maximum Gasteiger partial charge on any atom is 0.229 e. The first-order chi connectivity index (χ1) is 9.66. The topological polar surface area (TPSA) is 87.8 Å².